The van der Waals surface area contributed by atoms with Crippen LogP contribution in [0, 0.1) is 5.82 Å². The van der Waals surface area contributed by atoms with Crippen LogP contribution in [0.2, 0.25) is 0 Å². The highest BCUT2D eigenvalue weighted by Crippen LogP contribution is 2.45. The molecule has 0 aliphatic heterocycles. The van der Waals surface area contributed by atoms with E-state index in [4.69, 9.17) is 0 Å². The Balaban J connectivity index is 1.24. The van der Waals surface area contributed by atoms with Crippen molar-refractivity contribution in [1.29, 1.82) is 0 Å². The number of nitrogens with zero attached hydrogens (tertiary/aromatic N) is 3. The number of halogens is 2. The van der Waals surface area contributed by atoms with Gasteiger partial charge < -0.3 is 15.7 Å². The second-order valence-electron chi connectivity index (χ2n) is 10.4. The summed E-state index contributed by atoms with van der Waals surface area (Å²) in [6.45, 7) is 4.32. The smallest absolute Gasteiger partial charge is 0.148 e. The Morgan fingerprint density at radius 3 is 2.54 bits per heavy atom. The van der Waals surface area contributed by atoms with E-state index in [9.17, 15) is 13.9 Å². The first-order chi connectivity index (χ1) is 16.7. The lowest BCUT2D eigenvalue weighted by Crippen LogP contribution is -2.52. The molecule has 2 aromatic heterocycles. The van der Waals surface area contributed by atoms with Gasteiger partial charge in [-0.25, -0.2) is 8.78 Å². The normalized spacial score (nSPS) is 28.6. The molecule has 2 saturated carbocycles. The number of aromatic nitrogens is 3. The summed E-state index contributed by atoms with van der Waals surface area (Å²) in [5, 5.41) is 25.4. The minimum atomic E-state index is -0.951. The summed E-state index contributed by atoms with van der Waals surface area (Å²) >= 11 is 0. The summed E-state index contributed by atoms with van der Waals surface area (Å²) in [4.78, 5) is 4.19. The van der Waals surface area contributed by atoms with Crippen molar-refractivity contribution in [3.8, 4) is 11.3 Å². The minimum Gasteiger partial charge on any atom is -0.390 e. The van der Waals surface area contributed by atoms with Gasteiger partial charge in [0.05, 0.1) is 17.0 Å². The van der Waals surface area contributed by atoms with Gasteiger partial charge in [-0.3, -0.25) is 4.98 Å². The van der Waals surface area contributed by atoms with E-state index in [1.807, 2.05) is 31.2 Å². The van der Waals surface area contributed by atoms with Gasteiger partial charge in [0.15, 0.2) is 0 Å². The van der Waals surface area contributed by atoms with Crippen molar-refractivity contribution in [3.63, 3.8) is 0 Å². The third-order valence-corrected chi connectivity index (χ3v) is 7.30. The third-order valence-electron chi connectivity index (χ3n) is 7.30. The van der Waals surface area contributed by atoms with E-state index in [0.29, 0.717) is 24.1 Å². The number of anilines is 1. The number of hydrogen-bond acceptors (Lipinski definition) is 6. The fraction of sp³-hybridized carbons (Fsp3) is 0.444. The van der Waals surface area contributed by atoms with E-state index in [2.05, 4.69) is 44.9 Å². The topological polar surface area (TPSA) is 83.0 Å². The van der Waals surface area contributed by atoms with Gasteiger partial charge in [0.25, 0.3) is 0 Å². The highest BCUT2D eigenvalue weighted by Gasteiger charge is 2.48. The number of benzene rings is 1. The Bertz CT molecular complexity index is 1170. The molecule has 6 nitrogen and oxygen atoms in total. The Labute approximate surface area is 204 Å². The first-order valence-electron chi connectivity index (χ1n) is 12.1. The summed E-state index contributed by atoms with van der Waals surface area (Å²) in [6.07, 6.45) is 2.58. The molecule has 0 amide bonds. The molecule has 3 aromatic rings. The van der Waals surface area contributed by atoms with Crippen LogP contribution < -0.4 is 10.6 Å². The lowest BCUT2D eigenvalue weighted by Gasteiger charge is -2.44. The zero-order valence-corrected chi connectivity index (χ0v) is 20.0. The number of alkyl halides is 1. The second-order valence-corrected chi connectivity index (χ2v) is 10.4. The molecule has 0 spiro atoms. The van der Waals surface area contributed by atoms with Gasteiger partial charge in [-0.2, -0.15) is 0 Å². The minimum absolute atomic E-state index is 0.148. The average Bonchev–Trinajstić information content (AvgIpc) is 2.81. The summed E-state index contributed by atoms with van der Waals surface area (Å²) in [5.41, 5.74) is 1.91. The van der Waals surface area contributed by atoms with Crippen LogP contribution in [0.25, 0.3) is 11.3 Å². The summed E-state index contributed by atoms with van der Waals surface area (Å²) < 4.78 is 28.2. The van der Waals surface area contributed by atoms with Gasteiger partial charge in [0.2, 0.25) is 0 Å². The number of hydrogen-bond donors (Lipinski definition) is 3. The maximum atomic E-state index is 14.4. The molecule has 2 aliphatic carbocycles. The second kappa shape index (κ2) is 9.24. The Morgan fingerprint density at radius 2 is 1.89 bits per heavy atom. The fourth-order valence-electron chi connectivity index (χ4n) is 5.36. The average molecular weight is 480 g/mol. The maximum absolute atomic E-state index is 14.4. The third kappa shape index (κ3) is 5.04. The number of nitrogens with one attached hydrogen (secondary N) is 2. The van der Waals surface area contributed by atoms with Gasteiger partial charge >= 0.3 is 0 Å². The van der Waals surface area contributed by atoms with Gasteiger partial charge in [0.1, 0.15) is 17.8 Å². The van der Waals surface area contributed by atoms with E-state index in [0.717, 1.165) is 29.7 Å². The Hall–Kier alpha value is -2.97. The first kappa shape index (κ1) is 23.8. The van der Waals surface area contributed by atoms with E-state index in [-0.39, 0.29) is 18.9 Å². The molecule has 3 N–H and O–H groups in total. The summed E-state index contributed by atoms with van der Waals surface area (Å²) in [5.74, 6) is 0.143. The molecule has 2 fully saturated rings. The largest absolute Gasteiger partial charge is 0.390 e. The Kier molecular flexibility index (Phi) is 6.27. The molecule has 2 aliphatic rings. The fourth-order valence-corrected chi connectivity index (χ4v) is 5.36. The molecule has 5 rings (SSSR count). The van der Waals surface area contributed by atoms with Gasteiger partial charge in [-0.05, 0) is 75.4 Å². The quantitative estimate of drug-likeness (QED) is 0.434. The number of pyridine rings is 1. The zero-order chi connectivity index (χ0) is 24.6. The molecule has 0 saturated heterocycles. The van der Waals surface area contributed by atoms with E-state index in [1.165, 1.54) is 6.07 Å². The lowest BCUT2D eigenvalue weighted by atomic mass is 9.65. The molecule has 0 radical (unpaired) electrons. The van der Waals surface area contributed by atoms with Crippen molar-refractivity contribution < 1.29 is 13.9 Å². The van der Waals surface area contributed by atoms with E-state index >= 15 is 0 Å². The first-order valence-corrected chi connectivity index (χ1v) is 12.1. The molecule has 1 unspecified atom stereocenters. The molecular formula is C27H31F2N5O. The predicted molar refractivity (Wildman–Crippen MR) is 131 cm³/mol. The van der Waals surface area contributed by atoms with Crippen molar-refractivity contribution in [2.24, 2.45) is 0 Å². The van der Waals surface area contributed by atoms with Gasteiger partial charge in [0, 0.05) is 35.8 Å². The van der Waals surface area contributed by atoms with Gasteiger partial charge in [-0.15, -0.1) is 10.2 Å². The van der Waals surface area contributed by atoms with Crippen LogP contribution in [0.1, 0.15) is 56.8 Å². The molecule has 8 heteroatoms. The molecule has 35 heavy (non-hydrogen) atoms. The van der Waals surface area contributed by atoms with E-state index in [1.54, 1.807) is 12.3 Å². The number of rotatable bonds is 8. The summed E-state index contributed by atoms with van der Waals surface area (Å²) in [6, 6.07) is 15.3. The van der Waals surface area contributed by atoms with Crippen LogP contribution in [0.4, 0.5) is 14.6 Å². The van der Waals surface area contributed by atoms with Crippen LogP contribution in [-0.4, -0.2) is 44.6 Å². The van der Waals surface area contributed by atoms with Crippen LogP contribution in [0.15, 0.2) is 54.7 Å². The highest BCUT2D eigenvalue weighted by atomic mass is 19.1. The predicted octanol–water partition coefficient (Wildman–Crippen LogP) is 4.72. The van der Waals surface area contributed by atoms with Crippen molar-refractivity contribution in [2.75, 3.05) is 11.9 Å². The Morgan fingerprint density at radius 1 is 1.09 bits per heavy atom. The molecule has 0 bridgehead atoms. The van der Waals surface area contributed by atoms with Crippen molar-refractivity contribution in [1.82, 2.24) is 20.5 Å². The number of aliphatic hydroxyl groups is 1. The van der Waals surface area contributed by atoms with Crippen molar-refractivity contribution in [3.05, 3.63) is 71.8 Å². The van der Waals surface area contributed by atoms with Crippen LogP contribution in [-0.2, 0) is 5.41 Å². The molecule has 184 valence electrons. The zero-order valence-electron chi connectivity index (χ0n) is 20.0. The monoisotopic (exact) mass is 479 g/mol. The molecule has 1 aromatic carbocycles. The van der Waals surface area contributed by atoms with E-state index < -0.39 is 23.0 Å². The van der Waals surface area contributed by atoms with Crippen LogP contribution in [0.5, 0.6) is 0 Å². The lowest BCUT2D eigenvalue weighted by molar-refractivity contribution is -0.0413. The summed E-state index contributed by atoms with van der Waals surface area (Å²) in [7, 11) is 0. The molecule has 2 heterocycles. The maximum Gasteiger partial charge on any atom is 0.148 e. The van der Waals surface area contributed by atoms with Crippen LogP contribution in [0.3, 0.4) is 0 Å². The molecule has 1 atom stereocenters. The molecular weight excluding hydrogens is 448 g/mol. The standard InChI is InChI=1S/C27H31F2N5O/c1-17(32-21-14-26(2,35)15-21)18-5-3-6-19(11-18)23-8-9-24(34-33-23)31-16-27(12-20(28)13-27)25-22(29)7-4-10-30-25/h3-11,17,20-21,32,35H,12-16H2,1-2H3,(H,31,34). The van der Waals surface area contributed by atoms with Crippen molar-refractivity contribution >= 4 is 5.82 Å². The van der Waals surface area contributed by atoms with Gasteiger partial charge in [-0.1, -0.05) is 18.2 Å². The SMILES string of the molecule is CC(NC1CC(C)(O)C1)c1cccc(-c2ccc(NCC3(c4ncccc4F)CC(F)C3)nn2)c1. The van der Waals surface area contributed by atoms with Crippen LogP contribution >= 0.6 is 0 Å². The highest BCUT2D eigenvalue weighted by molar-refractivity contribution is 5.60. The van der Waals surface area contributed by atoms with Crippen molar-refractivity contribution in [2.45, 2.75) is 68.8 Å².